The van der Waals surface area contributed by atoms with Crippen LogP contribution in [0.2, 0.25) is 0 Å². The molecule has 0 amide bonds. The van der Waals surface area contributed by atoms with Gasteiger partial charge in [0.1, 0.15) is 12.4 Å². The number of fused-ring (bicyclic) bond motifs is 1. The number of carbonyl (C=O) groups is 1. The monoisotopic (exact) mass is 270 g/mol. The summed E-state index contributed by atoms with van der Waals surface area (Å²) in [5, 5.41) is 0. The maximum Gasteiger partial charge on any atom is 0.163 e. The van der Waals surface area contributed by atoms with Crippen molar-refractivity contribution in [1.82, 2.24) is 9.55 Å². The topological polar surface area (TPSA) is 44.1 Å². The van der Waals surface area contributed by atoms with Crippen molar-refractivity contribution < 1.29 is 9.53 Å². The molecule has 20 heavy (non-hydrogen) atoms. The number of Topliss-reactive ketones (excluding diaryl/α,β-unsaturated/α-hetero) is 1. The van der Waals surface area contributed by atoms with Gasteiger partial charge in [0.15, 0.2) is 5.78 Å². The Morgan fingerprint density at radius 2 is 2.25 bits per heavy atom. The van der Waals surface area contributed by atoms with Gasteiger partial charge in [-0.15, -0.1) is 0 Å². The molecule has 1 aromatic heterocycles. The van der Waals surface area contributed by atoms with Crippen molar-refractivity contribution in [3.63, 3.8) is 0 Å². The molecule has 0 atom stereocenters. The highest BCUT2D eigenvalue weighted by atomic mass is 16.5. The minimum absolute atomic E-state index is 0.263. The number of aryl methyl sites for hydroxylation is 2. The van der Waals surface area contributed by atoms with Crippen LogP contribution in [0.3, 0.4) is 0 Å². The van der Waals surface area contributed by atoms with Crippen molar-refractivity contribution in [3.8, 4) is 5.75 Å². The van der Waals surface area contributed by atoms with Crippen LogP contribution in [0, 0.1) is 6.92 Å². The summed E-state index contributed by atoms with van der Waals surface area (Å²) in [6.07, 6.45) is 8.05. The average molecular weight is 270 g/mol. The molecule has 0 saturated heterocycles. The summed E-state index contributed by atoms with van der Waals surface area (Å²) >= 11 is 0. The second-order valence-corrected chi connectivity index (χ2v) is 5.20. The lowest BCUT2D eigenvalue weighted by atomic mass is 9.89. The molecule has 0 saturated carbocycles. The quantitative estimate of drug-likeness (QED) is 0.858. The lowest BCUT2D eigenvalue weighted by Gasteiger charge is -2.18. The van der Waals surface area contributed by atoms with E-state index in [0.717, 1.165) is 41.8 Å². The van der Waals surface area contributed by atoms with Crippen LogP contribution < -0.4 is 4.74 Å². The fraction of sp³-hybridized carbons (Fsp3) is 0.375. The third kappa shape index (κ3) is 2.59. The van der Waals surface area contributed by atoms with Gasteiger partial charge in [-0.2, -0.15) is 0 Å². The first-order chi connectivity index (χ1) is 9.74. The van der Waals surface area contributed by atoms with Crippen LogP contribution in [-0.2, 0) is 13.0 Å². The van der Waals surface area contributed by atoms with Crippen molar-refractivity contribution in [3.05, 3.63) is 47.5 Å². The molecule has 4 heteroatoms. The highest BCUT2D eigenvalue weighted by molar-refractivity contribution is 5.98. The van der Waals surface area contributed by atoms with Gasteiger partial charge in [0, 0.05) is 24.4 Å². The summed E-state index contributed by atoms with van der Waals surface area (Å²) in [7, 11) is 0. The highest BCUT2D eigenvalue weighted by Crippen LogP contribution is 2.28. The summed E-state index contributed by atoms with van der Waals surface area (Å²) in [6, 6.07) is 4.01. The second-order valence-electron chi connectivity index (χ2n) is 5.20. The molecule has 1 aliphatic carbocycles. The SMILES string of the molecule is Cc1cc2c(cc1OCCn1ccnc1)CCCC2=O. The number of hydrogen-bond donors (Lipinski definition) is 0. The molecule has 3 rings (SSSR count). The molecular weight excluding hydrogens is 252 g/mol. The number of carbonyl (C=O) groups excluding carboxylic acids is 1. The van der Waals surface area contributed by atoms with Crippen molar-refractivity contribution in [2.75, 3.05) is 6.61 Å². The van der Waals surface area contributed by atoms with E-state index in [0.29, 0.717) is 13.0 Å². The number of ketones is 1. The van der Waals surface area contributed by atoms with Crippen molar-refractivity contribution in [2.45, 2.75) is 32.7 Å². The minimum atomic E-state index is 0.263. The lowest BCUT2D eigenvalue weighted by molar-refractivity contribution is 0.0972. The Morgan fingerprint density at radius 1 is 1.35 bits per heavy atom. The molecule has 4 nitrogen and oxygen atoms in total. The maximum atomic E-state index is 11.9. The van der Waals surface area contributed by atoms with Crippen LogP contribution in [-0.4, -0.2) is 21.9 Å². The number of ether oxygens (including phenoxy) is 1. The molecule has 0 spiro atoms. The van der Waals surface area contributed by atoms with Crippen LogP contribution in [0.5, 0.6) is 5.75 Å². The second kappa shape index (κ2) is 5.49. The molecule has 0 bridgehead atoms. The van der Waals surface area contributed by atoms with Gasteiger partial charge >= 0.3 is 0 Å². The van der Waals surface area contributed by atoms with Crippen molar-refractivity contribution >= 4 is 5.78 Å². The Kier molecular flexibility index (Phi) is 3.54. The summed E-state index contributed by atoms with van der Waals surface area (Å²) in [5.74, 6) is 1.15. The van der Waals surface area contributed by atoms with E-state index in [1.165, 1.54) is 0 Å². The molecule has 1 aliphatic rings. The van der Waals surface area contributed by atoms with E-state index < -0.39 is 0 Å². The number of imidazole rings is 1. The van der Waals surface area contributed by atoms with E-state index in [2.05, 4.69) is 4.98 Å². The third-order valence-corrected chi connectivity index (χ3v) is 3.72. The standard InChI is InChI=1S/C16H18N2O2/c1-12-9-14-13(3-2-4-15(14)19)10-16(12)20-8-7-18-6-5-17-11-18/h5-6,9-11H,2-4,7-8H2,1H3. The van der Waals surface area contributed by atoms with Gasteiger partial charge in [-0.25, -0.2) is 4.98 Å². The summed E-state index contributed by atoms with van der Waals surface area (Å²) < 4.78 is 7.83. The Balaban J connectivity index is 1.72. The van der Waals surface area contributed by atoms with Gasteiger partial charge < -0.3 is 9.30 Å². The summed E-state index contributed by atoms with van der Waals surface area (Å²) in [5.41, 5.74) is 3.05. The van der Waals surface area contributed by atoms with Gasteiger partial charge in [-0.05, 0) is 43.0 Å². The van der Waals surface area contributed by atoms with Crippen molar-refractivity contribution in [2.24, 2.45) is 0 Å². The Labute approximate surface area is 118 Å². The zero-order valence-electron chi connectivity index (χ0n) is 11.6. The van der Waals surface area contributed by atoms with Crippen LogP contribution in [0.25, 0.3) is 0 Å². The predicted molar refractivity (Wildman–Crippen MR) is 76.2 cm³/mol. The zero-order valence-corrected chi connectivity index (χ0v) is 11.6. The number of hydrogen-bond acceptors (Lipinski definition) is 3. The maximum absolute atomic E-state index is 11.9. The zero-order chi connectivity index (χ0) is 13.9. The highest BCUT2D eigenvalue weighted by Gasteiger charge is 2.18. The van der Waals surface area contributed by atoms with Gasteiger partial charge in [0.2, 0.25) is 0 Å². The molecule has 0 unspecified atom stereocenters. The first-order valence-corrected chi connectivity index (χ1v) is 6.99. The fourth-order valence-electron chi connectivity index (χ4n) is 2.61. The Bertz CT molecular complexity index is 618. The first kappa shape index (κ1) is 12.9. The third-order valence-electron chi connectivity index (χ3n) is 3.72. The largest absolute Gasteiger partial charge is 0.491 e. The smallest absolute Gasteiger partial charge is 0.163 e. The van der Waals surface area contributed by atoms with E-state index in [-0.39, 0.29) is 5.78 Å². The van der Waals surface area contributed by atoms with Gasteiger partial charge in [0.05, 0.1) is 12.9 Å². The fourth-order valence-corrected chi connectivity index (χ4v) is 2.61. The van der Waals surface area contributed by atoms with Crippen molar-refractivity contribution in [1.29, 1.82) is 0 Å². The Hall–Kier alpha value is -2.10. The molecule has 0 aliphatic heterocycles. The average Bonchev–Trinajstić information content (AvgIpc) is 2.94. The molecule has 0 fully saturated rings. The van der Waals surface area contributed by atoms with Crippen LogP contribution in [0.15, 0.2) is 30.9 Å². The van der Waals surface area contributed by atoms with Crippen LogP contribution in [0.4, 0.5) is 0 Å². The summed E-state index contributed by atoms with van der Waals surface area (Å²) in [6.45, 7) is 3.37. The normalized spacial score (nSPS) is 14.2. The molecule has 104 valence electrons. The number of rotatable bonds is 4. The molecule has 0 radical (unpaired) electrons. The molecule has 1 aromatic carbocycles. The van der Waals surface area contributed by atoms with E-state index >= 15 is 0 Å². The number of benzene rings is 1. The van der Waals surface area contributed by atoms with Crippen LogP contribution >= 0.6 is 0 Å². The lowest BCUT2D eigenvalue weighted by Crippen LogP contribution is -2.13. The summed E-state index contributed by atoms with van der Waals surface area (Å²) in [4.78, 5) is 15.9. The van der Waals surface area contributed by atoms with E-state index in [1.807, 2.05) is 29.8 Å². The van der Waals surface area contributed by atoms with Crippen LogP contribution in [0.1, 0.15) is 34.3 Å². The predicted octanol–water partition coefficient (Wildman–Crippen LogP) is 2.79. The molecule has 0 N–H and O–H groups in total. The minimum Gasteiger partial charge on any atom is -0.491 e. The first-order valence-electron chi connectivity index (χ1n) is 6.99. The van der Waals surface area contributed by atoms with E-state index in [9.17, 15) is 4.79 Å². The molecule has 2 aromatic rings. The van der Waals surface area contributed by atoms with Gasteiger partial charge in [-0.3, -0.25) is 4.79 Å². The Morgan fingerprint density at radius 3 is 3.05 bits per heavy atom. The van der Waals surface area contributed by atoms with Gasteiger partial charge in [0.25, 0.3) is 0 Å². The number of aromatic nitrogens is 2. The number of nitrogens with zero attached hydrogens (tertiary/aromatic N) is 2. The molecule has 1 heterocycles. The van der Waals surface area contributed by atoms with Gasteiger partial charge in [-0.1, -0.05) is 0 Å². The molecular formula is C16H18N2O2. The van der Waals surface area contributed by atoms with E-state index in [1.54, 1.807) is 12.5 Å². The van der Waals surface area contributed by atoms with E-state index in [4.69, 9.17) is 4.74 Å².